The van der Waals surface area contributed by atoms with Gasteiger partial charge >= 0.3 is 0 Å². The van der Waals surface area contributed by atoms with Crippen LogP contribution in [-0.4, -0.2) is 17.0 Å². The van der Waals surface area contributed by atoms with Crippen molar-refractivity contribution in [3.63, 3.8) is 0 Å². The van der Waals surface area contributed by atoms with Gasteiger partial charge in [0, 0.05) is 18.9 Å². The fourth-order valence-electron chi connectivity index (χ4n) is 1.78. The maximum absolute atomic E-state index is 4.39. The molecule has 1 N–H and O–H groups in total. The molecule has 1 aromatic carbocycles. The lowest BCUT2D eigenvalue weighted by atomic mass is 10.1. The molecular weight excluding hydrogens is 206 g/mol. The average molecular weight is 215 g/mol. The molecule has 0 saturated carbocycles. The van der Waals surface area contributed by atoms with Crippen molar-refractivity contribution in [2.75, 3.05) is 12.4 Å². The minimum Gasteiger partial charge on any atom is -0.387 e. The van der Waals surface area contributed by atoms with E-state index in [9.17, 15) is 0 Å². The lowest BCUT2D eigenvalue weighted by Gasteiger charge is -2.04. The van der Waals surface area contributed by atoms with Crippen molar-refractivity contribution in [3.05, 3.63) is 29.9 Å². The number of thiazole rings is 1. The van der Waals surface area contributed by atoms with Gasteiger partial charge in [0.2, 0.25) is 0 Å². The Hall–Kier alpha value is -1.68. The number of aromatic nitrogens is 2. The third kappa shape index (κ3) is 1.18. The van der Waals surface area contributed by atoms with E-state index in [4.69, 9.17) is 0 Å². The van der Waals surface area contributed by atoms with Crippen LogP contribution in [0, 0.1) is 0 Å². The number of benzene rings is 1. The molecule has 0 aliphatic carbocycles. The Labute approximate surface area is 90.8 Å². The second kappa shape index (κ2) is 3.17. The van der Waals surface area contributed by atoms with Gasteiger partial charge in [0.1, 0.15) is 0 Å². The lowest BCUT2D eigenvalue weighted by Crippen LogP contribution is -1.91. The van der Waals surface area contributed by atoms with Gasteiger partial charge in [0.15, 0.2) is 0 Å². The zero-order valence-corrected chi connectivity index (χ0v) is 9.01. The quantitative estimate of drug-likeness (QED) is 0.678. The Bertz CT molecular complexity index is 630. The molecule has 0 atom stereocenters. The van der Waals surface area contributed by atoms with Gasteiger partial charge in [-0.15, -0.1) is 11.3 Å². The molecule has 2 heterocycles. The fraction of sp³-hybridized carbons (Fsp3) is 0.0909. The molecule has 3 nitrogen and oxygen atoms in total. The van der Waals surface area contributed by atoms with Crippen LogP contribution in [-0.2, 0) is 0 Å². The van der Waals surface area contributed by atoms with E-state index in [1.165, 1.54) is 4.70 Å². The number of pyridine rings is 1. The number of hydrogen-bond acceptors (Lipinski definition) is 4. The summed E-state index contributed by atoms with van der Waals surface area (Å²) in [5.74, 6) is 0. The molecule has 0 bridgehead atoms. The van der Waals surface area contributed by atoms with E-state index in [2.05, 4.69) is 21.4 Å². The van der Waals surface area contributed by atoms with Gasteiger partial charge < -0.3 is 5.32 Å². The Morgan fingerprint density at radius 3 is 3.00 bits per heavy atom. The van der Waals surface area contributed by atoms with E-state index < -0.39 is 0 Å². The number of anilines is 1. The molecule has 0 fully saturated rings. The summed E-state index contributed by atoms with van der Waals surface area (Å²) in [6.45, 7) is 0. The van der Waals surface area contributed by atoms with Crippen LogP contribution in [0.5, 0.6) is 0 Å². The van der Waals surface area contributed by atoms with Crippen LogP contribution in [0.15, 0.2) is 29.9 Å². The van der Waals surface area contributed by atoms with E-state index in [1.54, 1.807) is 11.3 Å². The van der Waals surface area contributed by atoms with Gasteiger partial charge in [-0.2, -0.15) is 0 Å². The van der Waals surface area contributed by atoms with Crippen LogP contribution < -0.4 is 5.32 Å². The Morgan fingerprint density at radius 1 is 1.20 bits per heavy atom. The van der Waals surface area contributed by atoms with Crippen molar-refractivity contribution >= 4 is 38.1 Å². The molecule has 3 rings (SSSR count). The molecule has 0 spiro atoms. The van der Waals surface area contributed by atoms with Crippen LogP contribution in [0.3, 0.4) is 0 Å². The van der Waals surface area contributed by atoms with E-state index in [-0.39, 0.29) is 0 Å². The minimum absolute atomic E-state index is 0.986. The molecule has 4 heteroatoms. The first-order valence-electron chi connectivity index (χ1n) is 4.69. The molecule has 0 aliphatic heterocycles. The highest BCUT2D eigenvalue weighted by Gasteiger charge is 2.07. The first-order valence-corrected chi connectivity index (χ1v) is 5.57. The van der Waals surface area contributed by atoms with E-state index in [0.717, 1.165) is 22.1 Å². The monoisotopic (exact) mass is 215 g/mol. The van der Waals surface area contributed by atoms with Crippen molar-refractivity contribution in [2.45, 2.75) is 0 Å². The van der Waals surface area contributed by atoms with Crippen LogP contribution in [0.4, 0.5) is 5.69 Å². The van der Waals surface area contributed by atoms with Gasteiger partial charge in [-0.05, 0) is 18.2 Å². The SMILES string of the molecule is CNc1ccnc2ccc3scnc3c12. The third-order valence-electron chi connectivity index (χ3n) is 2.47. The summed E-state index contributed by atoms with van der Waals surface area (Å²) in [5, 5.41) is 4.29. The molecule has 0 saturated heterocycles. The zero-order chi connectivity index (χ0) is 10.3. The van der Waals surface area contributed by atoms with Crippen LogP contribution >= 0.6 is 11.3 Å². The van der Waals surface area contributed by atoms with Gasteiger partial charge in [-0.1, -0.05) is 0 Å². The average Bonchev–Trinajstić information content (AvgIpc) is 2.76. The van der Waals surface area contributed by atoms with Gasteiger partial charge in [0.05, 0.1) is 26.6 Å². The number of nitrogens with one attached hydrogen (secondary N) is 1. The zero-order valence-electron chi connectivity index (χ0n) is 8.19. The first-order chi connectivity index (χ1) is 7.40. The number of rotatable bonds is 1. The molecule has 0 unspecified atom stereocenters. The Kier molecular flexibility index (Phi) is 1.82. The summed E-state index contributed by atoms with van der Waals surface area (Å²) in [4.78, 5) is 8.74. The topological polar surface area (TPSA) is 37.8 Å². The second-order valence-electron chi connectivity index (χ2n) is 3.27. The molecule has 0 aliphatic rings. The second-order valence-corrected chi connectivity index (χ2v) is 4.15. The highest BCUT2D eigenvalue weighted by molar-refractivity contribution is 7.16. The van der Waals surface area contributed by atoms with Crippen molar-refractivity contribution in [1.29, 1.82) is 0 Å². The lowest BCUT2D eigenvalue weighted by molar-refractivity contribution is 1.39. The van der Waals surface area contributed by atoms with Crippen LogP contribution in [0.2, 0.25) is 0 Å². The molecular formula is C11H9N3S. The number of hydrogen-bond donors (Lipinski definition) is 1. The molecule has 0 amide bonds. The summed E-state index contributed by atoms with van der Waals surface area (Å²) in [6, 6.07) is 6.08. The normalized spacial score (nSPS) is 11.0. The molecule has 2 aromatic heterocycles. The standard InChI is InChI=1S/C11H9N3S/c1-12-7-4-5-13-8-2-3-9-11(10(7)8)14-6-15-9/h2-6H,1H3,(H,12,13). The minimum atomic E-state index is 0.986. The maximum atomic E-state index is 4.39. The Balaban J connectivity index is 2.58. The van der Waals surface area contributed by atoms with Crippen LogP contribution in [0.25, 0.3) is 21.1 Å². The summed E-state index contributed by atoms with van der Waals surface area (Å²) in [6.07, 6.45) is 1.81. The summed E-state index contributed by atoms with van der Waals surface area (Å²) in [7, 11) is 1.92. The molecule has 15 heavy (non-hydrogen) atoms. The third-order valence-corrected chi connectivity index (χ3v) is 3.27. The molecule has 0 radical (unpaired) electrons. The van der Waals surface area contributed by atoms with Gasteiger partial charge in [-0.25, -0.2) is 4.98 Å². The van der Waals surface area contributed by atoms with Gasteiger partial charge in [-0.3, -0.25) is 4.98 Å². The first kappa shape index (κ1) is 8.61. The van der Waals surface area contributed by atoms with E-state index in [1.807, 2.05) is 30.9 Å². The fourth-order valence-corrected chi connectivity index (χ4v) is 2.46. The van der Waals surface area contributed by atoms with Gasteiger partial charge in [0.25, 0.3) is 0 Å². The number of fused-ring (bicyclic) bond motifs is 3. The summed E-state index contributed by atoms with van der Waals surface area (Å²) < 4.78 is 1.20. The maximum Gasteiger partial charge on any atom is 0.0926 e. The van der Waals surface area contributed by atoms with E-state index in [0.29, 0.717) is 0 Å². The highest BCUT2D eigenvalue weighted by Crippen LogP contribution is 2.30. The predicted octanol–water partition coefficient (Wildman–Crippen LogP) is 2.89. The Morgan fingerprint density at radius 2 is 2.13 bits per heavy atom. The van der Waals surface area contributed by atoms with Crippen molar-refractivity contribution in [1.82, 2.24) is 9.97 Å². The summed E-state index contributed by atoms with van der Waals surface area (Å²) >= 11 is 1.65. The smallest absolute Gasteiger partial charge is 0.0926 e. The van der Waals surface area contributed by atoms with Crippen molar-refractivity contribution < 1.29 is 0 Å². The molecule has 3 aromatic rings. The van der Waals surface area contributed by atoms with E-state index >= 15 is 0 Å². The largest absolute Gasteiger partial charge is 0.387 e. The predicted molar refractivity (Wildman–Crippen MR) is 64.5 cm³/mol. The van der Waals surface area contributed by atoms with Crippen molar-refractivity contribution in [3.8, 4) is 0 Å². The summed E-state index contributed by atoms with van der Waals surface area (Å²) in [5.41, 5.74) is 4.98. The van der Waals surface area contributed by atoms with Crippen molar-refractivity contribution in [2.24, 2.45) is 0 Å². The molecule has 74 valence electrons. The van der Waals surface area contributed by atoms with Crippen LogP contribution in [0.1, 0.15) is 0 Å². The highest BCUT2D eigenvalue weighted by atomic mass is 32.1. The number of nitrogens with zero attached hydrogens (tertiary/aromatic N) is 2.